The van der Waals surface area contributed by atoms with Crippen LogP contribution < -0.4 is 10.1 Å². The van der Waals surface area contributed by atoms with Crippen LogP contribution in [0.3, 0.4) is 0 Å². The Balaban J connectivity index is 1.46. The highest BCUT2D eigenvalue weighted by Gasteiger charge is 2.36. The number of aliphatic carboxylic acids is 1. The lowest BCUT2D eigenvalue weighted by atomic mass is 10.1. The maximum Gasteiger partial charge on any atom is 0.326 e. The molecule has 3 heterocycles. The van der Waals surface area contributed by atoms with Gasteiger partial charge in [0.05, 0.1) is 17.3 Å². The van der Waals surface area contributed by atoms with Crippen LogP contribution in [0.2, 0.25) is 5.02 Å². The molecule has 1 unspecified atom stereocenters. The highest BCUT2D eigenvalue weighted by Crippen LogP contribution is 2.38. The first kappa shape index (κ1) is 23.3. The summed E-state index contributed by atoms with van der Waals surface area (Å²) < 4.78 is 37.5. The summed E-state index contributed by atoms with van der Waals surface area (Å²) in [5.41, 5.74) is 0.702. The van der Waals surface area contributed by atoms with E-state index in [1.807, 2.05) is 4.68 Å². The molecule has 5 rings (SSSR count). The molecule has 0 bridgehead atoms. The van der Waals surface area contributed by atoms with E-state index in [4.69, 9.17) is 16.3 Å². The number of nitrogens with one attached hydrogen (secondary N) is 1. The second-order valence-electron chi connectivity index (χ2n) is 8.47. The predicted molar refractivity (Wildman–Crippen MR) is 123 cm³/mol. The molecule has 0 aliphatic carbocycles. The van der Waals surface area contributed by atoms with E-state index in [0.29, 0.717) is 22.7 Å². The van der Waals surface area contributed by atoms with Gasteiger partial charge in [-0.15, -0.1) is 0 Å². The van der Waals surface area contributed by atoms with Gasteiger partial charge >= 0.3 is 5.97 Å². The first-order valence-corrected chi connectivity index (χ1v) is 11.5. The largest absolute Gasteiger partial charge is 0.480 e. The molecule has 2 N–H and O–H groups in total. The van der Waals surface area contributed by atoms with Crippen molar-refractivity contribution in [1.82, 2.24) is 20.0 Å². The second-order valence-corrected chi connectivity index (χ2v) is 8.91. The molecule has 1 aromatic heterocycles. The van der Waals surface area contributed by atoms with Crippen molar-refractivity contribution in [3.05, 3.63) is 64.8 Å². The molecule has 2 aliphatic heterocycles. The van der Waals surface area contributed by atoms with Crippen molar-refractivity contribution in [1.29, 1.82) is 0 Å². The molecular formula is C24H21ClF2N4O4. The summed E-state index contributed by atoms with van der Waals surface area (Å²) in [5.74, 6) is -4.21. The molecule has 11 heteroatoms. The molecular weight excluding hydrogens is 482 g/mol. The Morgan fingerprint density at radius 1 is 1.11 bits per heavy atom. The Morgan fingerprint density at radius 2 is 1.91 bits per heavy atom. The van der Waals surface area contributed by atoms with E-state index in [1.54, 1.807) is 30.5 Å². The number of carbonyl (C=O) groups excluding carboxylic acids is 1. The first-order valence-electron chi connectivity index (χ1n) is 11.1. The zero-order chi connectivity index (χ0) is 24.7. The van der Waals surface area contributed by atoms with Crippen molar-refractivity contribution in [2.24, 2.45) is 0 Å². The van der Waals surface area contributed by atoms with Gasteiger partial charge in [-0.25, -0.2) is 13.6 Å². The minimum absolute atomic E-state index is 0.145. The van der Waals surface area contributed by atoms with E-state index in [0.717, 1.165) is 30.1 Å². The van der Waals surface area contributed by atoms with Gasteiger partial charge in [-0.1, -0.05) is 11.6 Å². The number of carbonyl (C=O) groups is 2. The first-order chi connectivity index (χ1) is 16.8. The number of carboxylic acids is 1. The average Bonchev–Trinajstić information content (AvgIpc) is 3.46. The molecule has 2 aliphatic rings. The summed E-state index contributed by atoms with van der Waals surface area (Å²) in [7, 11) is 0. The lowest BCUT2D eigenvalue weighted by Gasteiger charge is -2.29. The minimum atomic E-state index is -1.18. The number of halogens is 3. The average molecular weight is 503 g/mol. The molecule has 35 heavy (non-hydrogen) atoms. The van der Waals surface area contributed by atoms with Crippen LogP contribution in [-0.2, 0) is 4.79 Å². The quantitative estimate of drug-likeness (QED) is 0.526. The van der Waals surface area contributed by atoms with Gasteiger partial charge < -0.3 is 20.1 Å². The molecule has 2 fully saturated rings. The molecule has 2 saturated heterocycles. The van der Waals surface area contributed by atoms with Crippen LogP contribution in [0.15, 0.2) is 42.6 Å². The molecule has 2 aromatic carbocycles. The normalized spacial score (nSPS) is 17.9. The third-order valence-corrected chi connectivity index (χ3v) is 6.50. The van der Waals surface area contributed by atoms with Crippen molar-refractivity contribution >= 4 is 23.5 Å². The standard InChI is InChI=1S/C24H21ClF2N4O4/c25-13-3-4-21(16(8-13)19-5-6-29-31(19)14-11-28-12-14)35-22-10-17(26)15(9-18(22)27)23(32)30-7-1-2-20(30)24(33)34/h3-6,8-10,14,20,28H,1-2,7,11-12H2,(H,33,34). The van der Waals surface area contributed by atoms with Crippen LogP contribution in [0.25, 0.3) is 11.3 Å². The number of hydrogen-bond acceptors (Lipinski definition) is 5. The second kappa shape index (κ2) is 9.27. The number of aromatic nitrogens is 2. The topological polar surface area (TPSA) is 96.7 Å². The summed E-state index contributed by atoms with van der Waals surface area (Å²) in [4.78, 5) is 25.2. The van der Waals surface area contributed by atoms with Gasteiger partial charge in [-0.2, -0.15) is 5.10 Å². The number of carboxylic acid groups (broad SMARTS) is 1. The Kier molecular flexibility index (Phi) is 6.16. The summed E-state index contributed by atoms with van der Waals surface area (Å²) in [6, 6.07) is 7.17. The van der Waals surface area contributed by atoms with E-state index in [9.17, 15) is 19.1 Å². The van der Waals surface area contributed by atoms with Crippen molar-refractivity contribution < 1.29 is 28.2 Å². The lowest BCUT2D eigenvalue weighted by Crippen LogP contribution is -2.44. The van der Waals surface area contributed by atoms with Gasteiger partial charge in [0.2, 0.25) is 0 Å². The zero-order valence-electron chi connectivity index (χ0n) is 18.4. The summed E-state index contributed by atoms with van der Waals surface area (Å²) in [6.45, 7) is 1.66. The molecule has 1 atom stereocenters. The molecule has 0 spiro atoms. The number of nitrogens with zero attached hydrogens (tertiary/aromatic N) is 3. The third kappa shape index (κ3) is 4.35. The van der Waals surface area contributed by atoms with E-state index >= 15 is 4.39 Å². The van der Waals surface area contributed by atoms with E-state index < -0.39 is 40.9 Å². The molecule has 0 radical (unpaired) electrons. The number of likely N-dealkylation sites (tertiary alicyclic amines) is 1. The number of ether oxygens (including phenoxy) is 1. The van der Waals surface area contributed by atoms with Crippen molar-refractivity contribution in [3.8, 4) is 22.8 Å². The maximum absolute atomic E-state index is 15.0. The SMILES string of the molecule is O=C(O)C1CCCN1C(=O)c1cc(F)c(Oc2ccc(Cl)cc2-c2ccnn2C2CNC2)cc1F. The van der Waals surface area contributed by atoms with Crippen molar-refractivity contribution in [2.45, 2.75) is 24.9 Å². The summed E-state index contributed by atoms with van der Waals surface area (Å²) >= 11 is 6.21. The summed E-state index contributed by atoms with van der Waals surface area (Å²) in [6.07, 6.45) is 2.38. The van der Waals surface area contributed by atoms with Crippen molar-refractivity contribution in [3.63, 3.8) is 0 Å². The summed E-state index contributed by atoms with van der Waals surface area (Å²) in [5, 5.41) is 17.3. The fourth-order valence-electron chi connectivity index (χ4n) is 4.37. The lowest BCUT2D eigenvalue weighted by molar-refractivity contribution is -0.141. The van der Waals surface area contributed by atoms with E-state index in [1.165, 1.54) is 0 Å². The van der Waals surface area contributed by atoms with Gasteiger partial charge in [0.15, 0.2) is 11.6 Å². The van der Waals surface area contributed by atoms with Gasteiger partial charge in [0, 0.05) is 42.5 Å². The third-order valence-electron chi connectivity index (χ3n) is 6.26. The Hall–Kier alpha value is -3.50. The number of benzene rings is 2. The molecule has 3 aromatic rings. The Labute approximate surface area is 204 Å². The predicted octanol–water partition coefficient (Wildman–Crippen LogP) is 4.11. The molecule has 0 saturated carbocycles. The van der Waals surface area contributed by atoms with Gasteiger partial charge in [0.25, 0.3) is 5.91 Å². The van der Waals surface area contributed by atoms with Crippen LogP contribution in [0.1, 0.15) is 29.2 Å². The monoisotopic (exact) mass is 502 g/mol. The van der Waals surface area contributed by atoms with Gasteiger partial charge in [-0.05, 0) is 43.2 Å². The molecule has 1 amide bonds. The fraction of sp³-hybridized carbons (Fsp3) is 0.292. The Morgan fingerprint density at radius 3 is 2.63 bits per heavy atom. The van der Waals surface area contributed by atoms with Crippen LogP contribution in [0.4, 0.5) is 8.78 Å². The zero-order valence-corrected chi connectivity index (χ0v) is 19.1. The van der Waals surface area contributed by atoms with Crippen LogP contribution in [0, 0.1) is 11.6 Å². The van der Waals surface area contributed by atoms with E-state index in [-0.39, 0.29) is 24.8 Å². The van der Waals surface area contributed by atoms with Crippen LogP contribution >= 0.6 is 11.6 Å². The number of amides is 1. The highest BCUT2D eigenvalue weighted by molar-refractivity contribution is 6.31. The van der Waals surface area contributed by atoms with Gasteiger partial charge in [0.1, 0.15) is 17.6 Å². The smallest absolute Gasteiger partial charge is 0.326 e. The molecule has 182 valence electrons. The Bertz CT molecular complexity index is 1310. The number of hydrogen-bond donors (Lipinski definition) is 2. The fourth-order valence-corrected chi connectivity index (χ4v) is 4.54. The van der Waals surface area contributed by atoms with Crippen LogP contribution in [0.5, 0.6) is 11.5 Å². The van der Waals surface area contributed by atoms with Gasteiger partial charge in [-0.3, -0.25) is 9.48 Å². The maximum atomic E-state index is 15.0. The minimum Gasteiger partial charge on any atom is -0.480 e. The van der Waals surface area contributed by atoms with Crippen molar-refractivity contribution in [2.75, 3.05) is 19.6 Å². The van der Waals surface area contributed by atoms with Crippen LogP contribution in [-0.4, -0.2) is 57.3 Å². The molecule has 8 nitrogen and oxygen atoms in total. The van der Waals surface area contributed by atoms with E-state index in [2.05, 4.69) is 10.4 Å². The number of rotatable bonds is 6. The highest BCUT2D eigenvalue weighted by atomic mass is 35.5.